The van der Waals surface area contributed by atoms with Gasteiger partial charge in [0, 0.05) is 5.02 Å². The average Bonchev–Trinajstić information content (AvgIpc) is 2.68. The minimum atomic E-state index is -0.320. The van der Waals surface area contributed by atoms with E-state index in [2.05, 4.69) is 4.98 Å². The summed E-state index contributed by atoms with van der Waals surface area (Å²) < 4.78 is 15.0. The van der Waals surface area contributed by atoms with Crippen molar-refractivity contribution in [1.82, 2.24) is 9.55 Å². The number of aromatic nitrogens is 2. The smallest absolute Gasteiger partial charge is 0.266 e. The van der Waals surface area contributed by atoms with E-state index in [4.69, 9.17) is 11.6 Å². The van der Waals surface area contributed by atoms with E-state index >= 15 is 0 Å². The van der Waals surface area contributed by atoms with E-state index in [-0.39, 0.29) is 11.4 Å². The van der Waals surface area contributed by atoms with Crippen LogP contribution in [0.5, 0.6) is 0 Å². The molecule has 0 aliphatic rings. The minimum Gasteiger partial charge on any atom is -0.268 e. The summed E-state index contributed by atoms with van der Waals surface area (Å²) in [6.45, 7) is 1.89. The third-order valence-corrected chi connectivity index (χ3v) is 4.71. The van der Waals surface area contributed by atoms with Gasteiger partial charge >= 0.3 is 0 Å². The summed E-state index contributed by atoms with van der Waals surface area (Å²) in [6.07, 6.45) is 3.46. The Morgan fingerprint density at radius 3 is 2.61 bits per heavy atom. The fraction of sp³-hybridized carbons (Fsp3) is 0.0435. The monoisotopic (exact) mass is 390 g/mol. The molecular weight excluding hydrogens is 375 g/mol. The Kier molecular flexibility index (Phi) is 4.80. The second-order valence-corrected chi connectivity index (χ2v) is 6.88. The topological polar surface area (TPSA) is 34.9 Å². The van der Waals surface area contributed by atoms with Crippen LogP contribution in [0.4, 0.5) is 4.39 Å². The van der Waals surface area contributed by atoms with Crippen LogP contribution in [0, 0.1) is 12.7 Å². The Bertz CT molecular complexity index is 1280. The molecular formula is C23H16ClFN2O. The molecule has 0 unspecified atom stereocenters. The molecule has 0 saturated heterocycles. The van der Waals surface area contributed by atoms with Gasteiger partial charge in [0.05, 0.1) is 16.6 Å². The first-order valence-electron chi connectivity index (χ1n) is 8.75. The molecule has 0 fully saturated rings. The molecule has 1 aromatic heterocycles. The fourth-order valence-corrected chi connectivity index (χ4v) is 3.37. The van der Waals surface area contributed by atoms with E-state index in [1.54, 1.807) is 59.2 Å². The molecule has 0 radical (unpaired) electrons. The number of rotatable bonds is 3. The first kappa shape index (κ1) is 18.1. The highest BCUT2D eigenvalue weighted by Gasteiger charge is 2.13. The maximum absolute atomic E-state index is 13.5. The van der Waals surface area contributed by atoms with E-state index in [0.717, 1.165) is 5.56 Å². The molecule has 0 saturated carbocycles. The van der Waals surface area contributed by atoms with Gasteiger partial charge in [0.15, 0.2) is 0 Å². The largest absolute Gasteiger partial charge is 0.268 e. The molecule has 3 nitrogen and oxygen atoms in total. The van der Waals surface area contributed by atoms with Gasteiger partial charge in [0.25, 0.3) is 5.56 Å². The average molecular weight is 391 g/mol. The van der Waals surface area contributed by atoms with Crippen LogP contribution in [0.25, 0.3) is 28.7 Å². The summed E-state index contributed by atoms with van der Waals surface area (Å²) in [4.78, 5) is 17.9. The Labute approximate surface area is 166 Å². The summed E-state index contributed by atoms with van der Waals surface area (Å²) in [5, 5.41) is 1.12. The van der Waals surface area contributed by atoms with Gasteiger partial charge in [-0.2, -0.15) is 0 Å². The molecule has 0 aliphatic carbocycles. The Balaban J connectivity index is 1.97. The lowest BCUT2D eigenvalue weighted by Gasteiger charge is -2.14. The molecule has 0 aliphatic heterocycles. The van der Waals surface area contributed by atoms with E-state index in [0.29, 0.717) is 33.0 Å². The zero-order valence-corrected chi connectivity index (χ0v) is 15.8. The van der Waals surface area contributed by atoms with E-state index in [9.17, 15) is 9.18 Å². The van der Waals surface area contributed by atoms with E-state index in [1.807, 2.05) is 19.1 Å². The normalized spacial score (nSPS) is 11.4. The first-order valence-corrected chi connectivity index (χ1v) is 9.13. The first-order chi connectivity index (χ1) is 13.5. The fourth-order valence-electron chi connectivity index (χ4n) is 3.15. The molecule has 4 aromatic rings. The van der Waals surface area contributed by atoms with Crippen LogP contribution in [0.3, 0.4) is 0 Å². The molecule has 0 bridgehead atoms. The van der Waals surface area contributed by atoms with Crippen molar-refractivity contribution >= 4 is 34.7 Å². The number of halogens is 2. The highest BCUT2D eigenvalue weighted by Crippen LogP contribution is 2.21. The lowest BCUT2D eigenvalue weighted by atomic mass is 10.1. The summed E-state index contributed by atoms with van der Waals surface area (Å²) in [5.41, 5.74) is 2.67. The third-order valence-electron chi connectivity index (χ3n) is 4.47. The van der Waals surface area contributed by atoms with Crippen LogP contribution in [0.15, 0.2) is 71.5 Å². The van der Waals surface area contributed by atoms with Crippen molar-refractivity contribution in [3.05, 3.63) is 105 Å². The van der Waals surface area contributed by atoms with Crippen molar-refractivity contribution in [3.8, 4) is 5.69 Å². The number of benzene rings is 3. The minimum absolute atomic E-state index is 0.171. The molecule has 0 spiro atoms. The molecule has 1 heterocycles. The Morgan fingerprint density at radius 1 is 1.00 bits per heavy atom. The number of hydrogen-bond acceptors (Lipinski definition) is 2. The van der Waals surface area contributed by atoms with Gasteiger partial charge in [-0.3, -0.25) is 9.36 Å². The number of fused-ring (bicyclic) bond motifs is 1. The molecule has 5 heteroatoms. The van der Waals surface area contributed by atoms with Crippen molar-refractivity contribution in [2.24, 2.45) is 0 Å². The van der Waals surface area contributed by atoms with Gasteiger partial charge < -0.3 is 0 Å². The quantitative estimate of drug-likeness (QED) is 0.452. The van der Waals surface area contributed by atoms with Crippen LogP contribution < -0.4 is 5.56 Å². The number of aryl methyl sites for hydroxylation is 1. The van der Waals surface area contributed by atoms with Crippen LogP contribution in [0.2, 0.25) is 5.02 Å². The second kappa shape index (κ2) is 7.41. The molecule has 0 amide bonds. The molecule has 3 aromatic carbocycles. The zero-order valence-electron chi connectivity index (χ0n) is 15.1. The predicted octanol–water partition coefficient (Wildman–Crippen LogP) is 5.66. The van der Waals surface area contributed by atoms with Gasteiger partial charge in [0.2, 0.25) is 0 Å². The number of para-hydroxylation sites is 1. The molecule has 138 valence electrons. The maximum Gasteiger partial charge on any atom is 0.266 e. The van der Waals surface area contributed by atoms with Crippen LogP contribution in [-0.4, -0.2) is 9.55 Å². The van der Waals surface area contributed by atoms with Gasteiger partial charge in [-0.25, -0.2) is 9.37 Å². The number of hydrogen-bond donors (Lipinski definition) is 0. The Hall–Kier alpha value is -3.24. The number of nitrogens with zero attached hydrogens (tertiary/aromatic N) is 2. The molecule has 4 rings (SSSR count). The lowest BCUT2D eigenvalue weighted by molar-refractivity contribution is 0.627. The van der Waals surface area contributed by atoms with Crippen LogP contribution in [-0.2, 0) is 0 Å². The van der Waals surface area contributed by atoms with Crippen molar-refractivity contribution < 1.29 is 4.39 Å². The van der Waals surface area contributed by atoms with E-state index < -0.39 is 0 Å². The standard InChI is InChI=1S/C23H16ClFN2O/c1-15-13-17(24)10-11-21(15)27-22(12-9-16-5-4-6-18(25)14-16)26-20-8-3-2-7-19(20)23(27)28/h2-14H,1H3/b12-9+. The predicted molar refractivity (Wildman–Crippen MR) is 112 cm³/mol. The van der Waals surface area contributed by atoms with Crippen LogP contribution >= 0.6 is 11.6 Å². The molecule has 0 N–H and O–H groups in total. The molecule has 28 heavy (non-hydrogen) atoms. The SMILES string of the molecule is Cc1cc(Cl)ccc1-n1c(/C=C/c2cccc(F)c2)nc2ccccc2c1=O. The van der Waals surface area contributed by atoms with Gasteiger partial charge in [-0.05, 0) is 66.6 Å². The maximum atomic E-state index is 13.5. The van der Waals surface area contributed by atoms with Crippen molar-refractivity contribution in [2.45, 2.75) is 6.92 Å². The second-order valence-electron chi connectivity index (χ2n) is 6.45. The summed E-state index contributed by atoms with van der Waals surface area (Å²) in [6, 6.07) is 18.8. The van der Waals surface area contributed by atoms with Gasteiger partial charge in [0.1, 0.15) is 11.6 Å². The summed E-state index contributed by atoms with van der Waals surface area (Å²) in [5.74, 6) is 0.137. The zero-order chi connectivity index (χ0) is 19.7. The summed E-state index contributed by atoms with van der Waals surface area (Å²) in [7, 11) is 0. The van der Waals surface area contributed by atoms with Gasteiger partial charge in [-0.1, -0.05) is 41.9 Å². The van der Waals surface area contributed by atoms with Crippen LogP contribution in [0.1, 0.15) is 17.0 Å². The van der Waals surface area contributed by atoms with Crippen molar-refractivity contribution in [1.29, 1.82) is 0 Å². The Morgan fingerprint density at radius 2 is 1.82 bits per heavy atom. The van der Waals surface area contributed by atoms with E-state index in [1.165, 1.54) is 12.1 Å². The lowest BCUT2D eigenvalue weighted by Crippen LogP contribution is -2.23. The highest BCUT2D eigenvalue weighted by atomic mass is 35.5. The highest BCUT2D eigenvalue weighted by molar-refractivity contribution is 6.30. The summed E-state index contributed by atoms with van der Waals surface area (Å²) >= 11 is 6.08. The third kappa shape index (κ3) is 3.47. The molecule has 0 atom stereocenters. The van der Waals surface area contributed by atoms with Crippen molar-refractivity contribution in [3.63, 3.8) is 0 Å². The van der Waals surface area contributed by atoms with Crippen molar-refractivity contribution in [2.75, 3.05) is 0 Å². The van der Waals surface area contributed by atoms with Gasteiger partial charge in [-0.15, -0.1) is 0 Å².